The van der Waals surface area contributed by atoms with Crippen molar-refractivity contribution in [2.75, 3.05) is 26.9 Å². The molecular formula is C36H68O7. The fraction of sp³-hybridized carbons (Fsp3) is 0.917. The zero-order valence-electron chi connectivity index (χ0n) is 28.4. The van der Waals surface area contributed by atoms with Gasteiger partial charge in [-0.15, -0.1) is 0 Å². The van der Waals surface area contributed by atoms with Crippen molar-refractivity contribution < 1.29 is 33.3 Å². The molecule has 43 heavy (non-hydrogen) atoms. The summed E-state index contributed by atoms with van der Waals surface area (Å²) in [4.78, 5) is 36.8. The Morgan fingerprint density at radius 2 is 0.767 bits per heavy atom. The third-order valence-electron chi connectivity index (χ3n) is 7.86. The third-order valence-corrected chi connectivity index (χ3v) is 7.86. The lowest BCUT2D eigenvalue weighted by Gasteiger charge is -2.18. The number of rotatable bonds is 33. The molecule has 0 saturated carbocycles. The predicted molar refractivity (Wildman–Crippen MR) is 175 cm³/mol. The van der Waals surface area contributed by atoms with Gasteiger partial charge < -0.3 is 18.9 Å². The molecule has 1 unspecified atom stereocenters. The molecule has 0 aromatic carbocycles. The highest BCUT2D eigenvalue weighted by Crippen LogP contribution is 2.14. The number of ether oxygens (including phenoxy) is 4. The van der Waals surface area contributed by atoms with Crippen molar-refractivity contribution in [3.05, 3.63) is 0 Å². The molecular weight excluding hydrogens is 544 g/mol. The number of carbonyl (C=O) groups excluding carboxylic acids is 3. The smallest absolute Gasteiger partial charge is 0.306 e. The quantitative estimate of drug-likeness (QED) is 0.0414. The van der Waals surface area contributed by atoms with Crippen molar-refractivity contribution >= 4 is 17.9 Å². The van der Waals surface area contributed by atoms with Crippen molar-refractivity contribution in [1.82, 2.24) is 0 Å². The average molecular weight is 613 g/mol. The predicted octanol–water partition coefficient (Wildman–Crippen LogP) is 9.81. The van der Waals surface area contributed by atoms with E-state index >= 15 is 0 Å². The minimum Gasteiger partial charge on any atom is -0.462 e. The molecule has 0 aliphatic carbocycles. The van der Waals surface area contributed by atoms with E-state index < -0.39 is 6.10 Å². The number of methoxy groups -OCH3 is 1. The summed E-state index contributed by atoms with van der Waals surface area (Å²) in [6, 6.07) is 0. The van der Waals surface area contributed by atoms with Crippen molar-refractivity contribution in [3.63, 3.8) is 0 Å². The van der Waals surface area contributed by atoms with Gasteiger partial charge in [0.2, 0.25) is 0 Å². The van der Waals surface area contributed by atoms with E-state index in [1.165, 1.54) is 103 Å². The van der Waals surface area contributed by atoms with Crippen LogP contribution in [0, 0.1) is 0 Å². The zero-order valence-corrected chi connectivity index (χ0v) is 28.4. The first-order valence-electron chi connectivity index (χ1n) is 18.0. The molecule has 0 N–H and O–H groups in total. The molecule has 0 amide bonds. The molecule has 0 bridgehead atoms. The van der Waals surface area contributed by atoms with E-state index in [1.807, 2.05) is 0 Å². The van der Waals surface area contributed by atoms with Gasteiger partial charge in [-0.05, 0) is 19.3 Å². The third kappa shape index (κ3) is 31.6. The lowest BCUT2D eigenvalue weighted by atomic mass is 10.1. The number of unbranched alkanes of at least 4 members (excludes halogenated alkanes) is 20. The van der Waals surface area contributed by atoms with Crippen LogP contribution in [-0.2, 0) is 33.3 Å². The second-order valence-corrected chi connectivity index (χ2v) is 12.1. The topological polar surface area (TPSA) is 88.1 Å². The maximum atomic E-state index is 12.5. The fourth-order valence-electron chi connectivity index (χ4n) is 5.11. The Labute approximate surface area is 264 Å². The Hall–Kier alpha value is -1.63. The Morgan fingerprint density at radius 1 is 0.442 bits per heavy atom. The molecule has 0 spiro atoms. The summed E-state index contributed by atoms with van der Waals surface area (Å²) < 4.78 is 21.3. The van der Waals surface area contributed by atoms with Crippen LogP contribution in [0.1, 0.15) is 181 Å². The van der Waals surface area contributed by atoms with E-state index in [-0.39, 0.29) is 37.5 Å². The van der Waals surface area contributed by atoms with Crippen molar-refractivity contribution in [1.29, 1.82) is 0 Å². The van der Waals surface area contributed by atoms with Gasteiger partial charge >= 0.3 is 17.9 Å². The van der Waals surface area contributed by atoms with Gasteiger partial charge in [0.1, 0.15) is 13.2 Å². The first-order chi connectivity index (χ1) is 21.0. The highest BCUT2D eigenvalue weighted by molar-refractivity contribution is 5.71. The average Bonchev–Trinajstić information content (AvgIpc) is 3.00. The van der Waals surface area contributed by atoms with Crippen molar-refractivity contribution in [2.24, 2.45) is 0 Å². The molecule has 0 aliphatic heterocycles. The minimum absolute atomic E-state index is 0.0911. The molecule has 7 heteroatoms. The molecule has 0 radical (unpaired) electrons. The van der Waals surface area contributed by atoms with E-state index in [0.717, 1.165) is 38.5 Å². The summed E-state index contributed by atoms with van der Waals surface area (Å²) in [5.74, 6) is -1.01. The Kier molecular flexibility index (Phi) is 32.0. The van der Waals surface area contributed by atoms with E-state index in [2.05, 4.69) is 13.8 Å². The Morgan fingerprint density at radius 3 is 1.14 bits per heavy atom. The summed E-state index contributed by atoms with van der Waals surface area (Å²) in [7, 11) is 1.58. The molecule has 7 nitrogen and oxygen atoms in total. The van der Waals surface area contributed by atoms with E-state index in [4.69, 9.17) is 18.9 Å². The van der Waals surface area contributed by atoms with Gasteiger partial charge in [-0.25, -0.2) is 0 Å². The van der Waals surface area contributed by atoms with Crippen LogP contribution in [0.15, 0.2) is 0 Å². The van der Waals surface area contributed by atoms with Crippen LogP contribution < -0.4 is 0 Å². The van der Waals surface area contributed by atoms with Gasteiger partial charge in [0.05, 0.1) is 0 Å². The Bertz CT molecular complexity index is 637. The van der Waals surface area contributed by atoms with Gasteiger partial charge in [0.25, 0.3) is 0 Å². The number of carbonyl (C=O) groups is 3. The number of hydrogen-bond donors (Lipinski definition) is 0. The van der Waals surface area contributed by atoms with Crippen LogP contribution in [0.2, 0.25) is 0 Å². The van der Waals surface area contributed by atoms with E-state index in [1.54, 1.807) is 7.11 Å². The van der Waals surface area contributed by atoms with Crippen LogP contribution in [-0.4, -0.2) is 50.9 Å². The normalized spacial score (nSPS) is 11.8. The molecule has 0 saturated heterocycles. The number of esters is 3. The minimum atomic E-state index is -0.784. The maximum Gasteiger partial charge on any atom is 0.306 e. The lowest BCUT2D eigenvalue weighted by molar-refractivity contribution is -0.167. The van der Waals surface area contributed by atoms with E-state index in [9.17, 15) is 14.4 Å². The lowest BCUT2D eigenvalue weighted by Crippen LogP contribution is -2.31. The summed E-state index contributed by atoms with van der Waals surface area (Å²) in [5.41, 5.74) is 0. The van der Waals surface area contributed by atoms with Gasteiger partial charge in [-0.1, -0.05) is 142 Å². The number of hydrogen-bond acceptors (Lipinski definition) is 7. The standard InChI is InChI=1S/C36H68O7/c1-4-6-8-10-12-14-16-18-20-22-24-27-34(37)41-31-33(32-42-35(38)29-26-30-40-3)43-36(39)28-25-23-21-19-17-15-13-11-9-7-5-2/h33H,4-32H2,1-3H3. The summed E-state index contributed by atoms with van der Waals surface area (Å²) in [6.07, 6.45) is 27.4. The molecule has 0 fully saturated rings. The van der Waals surface area contributed by atoms with Crippen LogP contribution in [0.4, 0.5) is 0 Å². The molecule has 254 valence electrons. The SMILES string of the molecule is CCCCCCCCCCCCCC(=O)OCC(COC(=O)CCCOC)OC(=O)CCCCCCCCCCCCC. The van der Waals surface area contributed by atoms with Crippen LogP contribution in [0.3, 0.4) is 0 Å². The van der Waals surface area contributed by atoms with Crippen LogP contribution >= 0.6 is 0 Å². The van der Waals surface area contributed by atoms with Crippen LogP contribution in [0.25, 0.3) is 0 Å². The van der Waals surface area contributed by atoms with Gasteiger partial charge in [0.15, 0.2) is 6.10 Å². The van der Waals surface area contributed by atoms with Gasteiger partial charge in [-0.2, -0.15) is 0 Å². The molecule has 0 rings (SSSR count). The van der Waals surface area contributed by atoms with Gasteiger partial charge in [-0.3, -0.25) is 14.4 Å². The largest absolute Gasteiger partial charge is 0.462 e. The van der Waals surface area contributed by atoms with Crippen molar-refractivity contribution in [2.45, 2.75) is 187 Å². The first kappa shape index (κ1) is 41.4. The second kappa shape index (κ2) is 33.3. The van der Waals surface area contributed by atoms with Crippen LogP contribution in [0.5, 0.6) is 0 Å². The second-order valence-electron chi connectivity index (χ2n) is 12.1. The molecule has 0 aliphatic rings. The fourth-order valence-corrected chi connectivity index (χ4v) is 5.11. The highest BCUT2D eigenvalue weighted by Gasteiger charge is 2.19. The Balaban J connectivity index is 4.18. The highest BCUT2D eigenvalue weighted by atomic mass is 16.6. The molecule has 1 atom stereocenters. The van der Waals surface area contributed by atoms with Gasteiger partial charge in [0, 0.05) is 33.0 Å². The van der Waals surface area contributed by atoms with E-state index in [0.29, 0.717) is 25.9 Å². The zero-order chi connectivity index (χ0) is 31.6. The summed E-state index contributed by atoms with van der Waals surface area (Å²) in [5, 5.41) is 0. The maximum absolute atomic E-state index is 12.5. The monoisotopic (exact) mass is 612 g/mol. The first-order valence-corrected chi connectivity index (χ1v) is 18.0. The molecule has 0 heterocycles. The summed E-state index contributed by atoms with van der Waals surface area (Å²) >= 11 is 0. The molecule has 0 aromatic rings. The van der Waals surface area contributed by atoms with Crippen molar-refractivity contribution in [3.8, 4) is 0 Å². The summed E-state index contributed by atoms with van der Waals surface area (Å²) in [6.45, 7) is 4.76. The molecule has 0 aromatic heterocycles.